The van der Waals surface area contributed by atoms with Crippen LogP contribution in [0.15, 0.2) is 36.5 Å². The fourth-order valence-electron chi connectivity index (χ4n) is 3.41. The molecule has 1 atom stereocenters. The predicted molar refractivity (Wildman–Crippen MR) is 90.5 cm³/mol. The summed E-state index contributed by atoms with van der Waals surface area (Å²) in [6.07, 6.45) is 1.88. The van der Waals surface area contributed by atoms with E-state index in [9.17, 15) is 18.8 Å². The molecule has 3 heterocycles. The molecule has 0 saturated carbocycles. The first kappa shape index (κ1) is 16.7. The van der Waals surface area contributed by atoms with Gasteiger partial charge in [-0.2, -0.15) is 0 Å². The summed E-state index contributed by atoms with van der Waals surface area (Å²) >= 11 is 5.96. The smallest absolute Gasteiger partial charge is 0.280 e. The van der Waals surface area contributed by atoms with Gasteiger partial charge in [0.1, 0.15) is 11.5 Å². The summed E-state index contributed by atoms with van der Waals surface area (Å²) < 4.78 is 14.0. The molecular formula is C18H13ClFN3O3. The van der Waals surface area contributed by atoms with E-state index in [1.54, 1.807) is 12.1 Å². The van der Waals surface area contributed by atoms with Gasteiger partial charge in [0.2, 0.25) is 0 Å². The number of benzene rings is 1. The van der Waals surface area contributed by atoms with Gasteiger partial charge in [0.25, 0.3) is 17.7 Å². The van der Waals surface area contributed by atoms with E-state index in [1.165, 1.54) is 29.3 Å². The van der Waals surface area contributed by atoms with E-state index in [-0.39, 0.29) is 28.4 Å². The number of nitrogens with zero attached hydrogens (tertiary/aromatic N) is 3. The molecule has 1 fully saturated rings. The summed E-state index contributed by atoms with van der Waals surface area (Å²) in [6, 6.07) is 6.72. The van der Waals surface area contributed by atoms with Gasteiger partial charge in [-0.15, -0.1) is 0 Å². The number of hydrogen-bond donors (Lipinski definition) is 0. The first-order chi connectivity index (χ1) is 12.5. The maximum Gasteiger partial charge on any atom is 0.280 e. The number of likely N-dealkylation sites (tertiary alicyclic amines) is 1. The molecule has 6 nitrogen and oxygen atoms in total. The highest BCUT2D eigenvalue weighted by atomic mass is 35.5. The van der Waals surface area contributed by atoms with Crippen LogP contribution in [-0.2, 0) is 0 Å². The number of rotatable bonds is 2. The molecule has 1 aromatic heterocycles. The molecule has 4 rings (SSSR count). The van der Waals surface area contributed by atoms with E-state index in [1.807, 2.05) is 0 Å². The number of aromatic nitrogens is 1. The Kier molecular flexibility index (Phi) is 3.96. The second-order valence-corrected chi connectivity index (χ2v) is 6.58. The van der Waals surface area contributed by atoms with Crippen LogP contribution in [0.5, 0.6) is 0 Å². The van der Waals surface area contributed by atoms with Gasteiger partial charge < -0.3 is 4.90 Å². The number of pyridine rings is 1. The van der Waals surface area contributed by atoms with E-state index in [2.05, 4.69) is 4.98 Å². The zero-order chi connectivity index (χ0) is 18.4. The van der Waals surface area contributed by atoms with Crippen LogP contribution in [-0.4, -0.2) is 51.6 Å². The third-order valence-electron chi connectivity index (χ3n) is 4.67. The lowest BCUT2D eigenvalue weighted by molar-refractivity contribution is 0.0572. The molecular weight excluding hydrogens is 361 g/mol. The van der Waals surface area contributed by atoms with Crippen LogP contribution >= 0.6 is 11.6 Å². The van der Waals surface area contributed by atoms with Gasteiger partial charge in [0, 0.05) is 19.3 Å². The van der Waals surface area contributed by atoms with E-state index in [4.69, 9.17) is 11.6 Å². The van der Waals surface area contributed by atoms with Crippen molar-refractivity contribution in [2.75, 3.05) is 13.1 Å². The molecule has 0 N–H and O–H groups in total. The van der Waals surface area contributed by atoms with Crippen molar-refractivity contribution in [3.05, 3.63) is 64.2 Å². The van der Waals surface area contributed by atoms with Crippen LogP contribution in [0.3, 0.4) is 0 Å². The van der Waals surface area contributed by atoms with E-state index < -0.39 is 29.6 Å². The number of halogens is 2. The second-order valence-electron chi connectivity index (χ2n) is 6.17. The van der Waals surface area contributed by atoms with E-state index in [0.717, 1.165) is 4.90 Å². The Hall–Kier alpha value is -2.80. The molecule has 0 radical (unpaired) electrons. The molecule has 1 saturated heterocycles. The van der Waals surface area contributed by atoms with Crippen molar-refractivity contribution in [3.8, 4) is 0 Å². The lowest BCUT2D eigenvalue weighted by Gasteiger charge is -2.22. The Labute approximate surface area is 153 Å². The van der Waals surface area contributed by atoms with Gasteiger partial charge in [-0.25, -0.2) is 4.39 Å². The minimum absolute atomic E-state index is 0.0309. The molecule has 3 amide bonds. The van der Waals surface area contributed by atoms with Gasteiger partial charge in [-0.3, -0.25) is 24.3 Å². The summed E-state index contributed by atoms with van der Waals surface area (Å²) in [6.45, 7) is 0.434. The molecule has 26 heavy (non-hydrogen) atoms. The van der Waals surface area contributed by atoms with Crippen LogP contribution < -0.4 is 0 Å². The summed E-state index contributed by atoms with van der Waals surface area (Å²) in [7, 11) is 0. The Morgan fingerprint density at radius 2 is 2.00 bits per heavy atom. The van der Waals surface area contributed by atoms with Gasteiger partial charge in [0.15, 0.2) is 0 Å². The minimum atomic E-state index is -0.698. The fraction of sp³-hybridized carbons (Fsp3) is 0.222. The molecule has 1 unspecified atom stereocenters. The van der Waals surface area contributed by atoms with Crippen LogP contribution in [0.1, 0.15) is 37.6 Å². The number of amides is 3. The quantitative estimate of drug-likeness (QED) is 0.758. The standard InChI is InChI=1S/C18H13ClFN3O3/c19-12-4-1-5-13(20)14(12)17(25)22-8-6-10(9-22)23-16(24)11-3-2-7-21-15(11)18(23)26/h1-5,7,10H,6,8-9H2. The number of hydrogen-bond acceptors (Lipinski definition) is 4. The molecule has 2 aromatic rings. The Morgan fingerprint density at radius 1 is 1.19 bits per heavy atom. The number of carbonyl (C=O) groups excluding carboxylic acids is 3. The molecule has 0 spiro atoms. The van der Waals surface area contributed by atoms with Crippen molar-refractivity contribution in [1.29, 1.82) is 0 Å². The average Bonchev–Trinajstić information content (AvgIpc) is 3.19. The zero-order valence-corrected chi connectivity index (χ0v) is 14.2. The summed E-state index contributed by atoms with van der Waals surface area (Å²) in [5, 5.41) is 0.0309. The van der Waals surface area contributed by atoms with Crippen LogP contribution in [0.2, 0.25) is 5.02 Å². The fourth-order valence-corrected chi connectivity index (χ4v) is 3.66. The van der Waals surface area contributed by atoms with Crippen molar-refractivity contribution in [2.45, 2.75) is 12.5 Å². The second kappa shape index (κ2) is 6.17. The topological polar surface area (TPSA) is 70.6 Å². The normalized spacial score (nSPS) is 19.2. The summed E-state index contributed by atoms with van der Waals surface area (Å²) in [5.74, 6) is -2.13. The maximum absolute atomic E-state index is 14.0. The molecule has 8 heteroatoms. The van der Waals surface area contributed by atoms with Crippen molar-refractivity contribution in [3.63, 3.8) is 0 Å². The van der Waals surface area contributed by atoms with Crippen molar-refractivity contribution in [2.24, 2.45) is 0 Å². The Bertz CT molecular complexity index is 894. The van der Waals surface area contributed by atoms with Crippen molar-refractivity contribution in [1.82, 2.24) is 14.8 Å². The summed E-state index contributed by atoms with van der Waals surface area (Å²) in [5.41, 5.74) is 0.192. The highest BCUT2D eigenvalue weighted by Gasteiger charge is 2.44. The maximum atomic E-state index is 14.0. The number of carbonyl (C=O) groups is 3. The lowest BCUT2D eigenvalue weighted by Crippen LogP contribution is -2.42. The third kappa shape index (κ3) is 2.47. The van der Waals surface area contributed by atoms with Crippen LogP contribution in [0.25, 0.3) is 0 Å². The number of imide groups is 1. The molecule has 2 aliphatic rings. The van der Waals surface area contributed by atoms with Crippen LogP contribution in [0, 0.1) is 5.82 Å². The van der Waals surface area contributed by atoms with Gasteiger partial charge in [0.05, 0.1) is 22.2 Å². The van der Waals surface area contributed by atoms with Crippen molar-refractivity contribution >= 4 is 29.3 Å². The number of fused-ring (bicyclic) bond motifs is 1. The van der Waals surface area contributed by atoms with E-state index in [0.29, 0.717) is 13.0 Å². The summed E-state index contributed by atoms with van der Waals surface area (Å²) in [4.78, 5) is 44.2. The largest absolute Gasteiger partial charge is 0.336 e. The molecule has 2 aliphatic heterocycles. The minimum Gasteiger partial charge on any atom is -0.336 e. The van der Waals surface area contributed by atoms with Gasteiger partial charge in [-0.1, -0.05) is 17.7 Å². The highest BCUT2D eigenvalue weighted by Crippen LogP contribution is 2.29. The first-order valence-electron chi connectivity index (χ1n) is 8.05. The van der Waals surface area contributed by atoms with Crippen LogP contribution in [0.4, 0.5) is 4.39 Å². The van der Waals surface area contributed by atoms with Gasteiger partial charge >= 0.3 is 0 Å². The van der Waals surface area contributed by atoms with Crippen molar-refractivity contribution < 1.29 is 18.8 Å². The average molecular weight is 374 g/mol. The van der Waals surface area contributed by atoms with E-state index >= 15 is 0 Å². The predicted octanol–water partition coefficient (Wildman–Crippen LogP) is 2.38. The monoisotopic (exact) mass is 373 g/mol. The highest BCUT2D eigenvalue weighted by molar-refractivity contribution is 6.33. The molecule has 1 aromatic carbocycles. The third-order valence-corrected chi connectivity index (χ3v) is 4.99. The lowest BCUT2D eigenvalue weighted by atomic mass is 10.2. The Morgan fingerprint density at radius 3 is 2.73 bits per heavy atom. The molecule has 132 valence electrons. The first-order valence-corrected chi connectivity index (χ1v) is 8.43. The molecule has 0 aliphatic carbocycles. The zero-order valence-electron chi connectivity index (χ0n) is 13.5. The SMILES string of the molecule is O=C(c1c(F)cccc1Cl)N1CCC(N2C(=O)c3cccnc3C2=O)C1. The Balaban J connectivity index is 1.56. The molecule has 0 bridgehead atoms. The van der Waals surface area contributed by atoms with Gasteiger partial charge in [-0.05, 0) is 30.7 Å².